The Morgan fingerprint density at radius 2 is 1.73 bits per heavy atom. The van der Waals surface area contributed by atoms with Crippen molar-refractivity contribution in [2.24, 2.45) is 0 Å². The molecule has 1 amide bonds. The maximum absolute atomic E-state index is 12.6. The molecule has 6 heteroatoms. The average Bonchev–Trinajstić information content (AvgIpc) is 2.62. The third-order valence-electron chi connectivity index (χ3n) is 4.28. The fourth-order valence-corrected chi connectivity index (χ4v) is 3.00. The van der Waals surface area contributed by atoms with Gasteiger partial charge in [0.1, 0.15) is 11.5 Å². The van der Waals surface area contributed by atoms with E-state index in [1.807, 2.05) is 11.0 Å². The van der Waals surface area contributed by atoms with Crippen molar-refractivity contribution in [3.8, 4) is 0 Å². The van der Waals surface area contributed by atoms with Gasteiger partial charge in [0.2, 0.25) is 0 Å². The van der Waals surface area contributed by atoms with Crippen molar-refractivity contribution in [2.45, 2.75) is 32.9 Å². The summed E-state index contributed by atoms with van der Waals surface area (Å²) in [6.45, 7) is 10.3. The molecule has 0 bridgehead atoms. The lowest BCUT2D eigenvalue weighted by Crippen LogP contribution is -2.48. The Labute approximate surface area is 155 Å². The molecule has 1 aromatic carbocycles. The van der Waals surface area contributed by atoms with Crippen molar-refractivity contribution in [1.82, 2.24) is 19.8 Å². The summed E-state index contributed by atoms with van der Waals surface area (Å²) in [5.41, 5.74) is 1.62. The third kappa shape index (κ3) is 5.02. The second kappa shape index (κ2) is 7.83. The number of carbonyl (C=O) groups excluding carboxylic acids is 1. The SMILES string of the molecule is CC(C)(C)Nc1cnc(C(=O)N2CCN(Cc3ccccc3)CC2)cn1. The van der Waals surface area contributed by atoms with E-state index < -0.39 is 0 Å². The van der Waals surface area contributed by atoms with E-state index in [0.29, 0.717) is 11.5 Å². The molecule has 0 unspecified atom stereocenters. The monoisotopic (exact) mass is 353 g/mol. The largest absolute Gasteiger partial charge is 0.364 e. The molecule has 2 heterocycles. The van der Waals surface area contributed by atoms with Crippen LogP contribution in [0.2, 0.25) is 0 Å². The Hall–Kier alpha value is -2.47. The Morgan fingerprint density at radius 3 is 2.31 bits per heavy atom. The van der Waals surface area contributed by atoms with Gasteiger partial charge in [0.05, 0.1) is 12.4 Å². The number of nitrogens with zero attached hydrogens (tertiary/aromatic N) is 4. The van der Waals surface area contributed by atoms with Gasteiger partial charge in [-0.15, -0.1) is 0 Å². The minimum Gasteiger partial charge on any atom is -0.364 e. The number of anilines is 1. The zero-order valence-corrected chi connectivity index (χ0v) is 15.8. The molecule has 6 nitrogen and oxygen atoms in total. The number of hydrogen-bond acceptors (Lipinski definition) is 5. The van der Waals surface area contributed by atoms with E-state index in [2.05, 4.69) is 65.2 Å². The van der Waals surface area contributed by atoms with Crippen LogP contribution < -0.4 is 5.32 Å². The fourth-order valence-electron chi connectivity index (χ4n) is 3.00. The highest BCUT2D eigenvalue weighted by molar-refractivity contribution is 5.92. The van der Waals surface area contributed by atoms with Crippen molar-refractivity contribution in [2.75, 3.05) is 31.5 Å². The van der Waals surface area contributed by atoms with Crippen LogP contribution in [-0.4, -0.2) is 57.4 Å². The Morgan fingerprint density at radius 1 is 1.04 bits per heavy atom. The van der Waals surface area contributed by atoms with Crippen LogP contribution in [0.4, 0.5) is 5.82 Å². The summed E-state index contributed by atoms with van der Waals surface area (Å²) >= 11 is 0. The van der Waals surface area contributed by atoms with Crippen LogP contribution in [0.1, 0.15) is 36.8 Å². The summed E-state index contributed by atoms with van der Waals surface area (Å²) in [6, 6.07) is 10.4. The quantitative estimate of drug-likeness (QED) is 0.916. The smallest absolute Gasteiger partial charge is 0.274 e. The number of piperazine rings is 1. The lowest BCUT2D eigenvalue weighted by molar-refractivity contribution is 0.0622. The number of amides is 1. The zero-order valence-electron chi connectivity index (χ0n) is 15.8. The van der Waals surface area contributed by atoms with E-state index in [0.717, 1.165) is 32.7 Å². The molecule has 1 fully saturated rings. The van der Waals surface area contributed by atoms with Gasteiger partial charge in [-0.3, -0.25) is 9.69 Å². The molecular formula is C20H27N5O. The molecule has 26 heavy (non-hydrogen) atoms. The first-order chi connectivity index (χ1) is 12.4. The maximum Gasteiger partial charge on any atom is 0.274 e. The van der Waals surface area contributed by atoms with Crippen LogP contribution in [0, 0.1) is 0 Å². The molecule has 0 saturated carbocycles. The fraction of sp³-hybridized carbons (Fsp3) is 0.450. The highest BCUT2D eigenvalue weighted by Crippen LogP contribution is 2.13. The second-order valence-corrected chi connectivity index (χ2v) is 7.72. The Bertz CT molecular complexity index is 716. The van der Waals surface area contributed by atoms with E-state index in [-0.39, 0.29) is 11.4 Å². The lowest BCUT2D eigenvalue weighted by atomic mass is 10.1. The van der Waals surface area contributed by atoms with Gasteiger partial charge in [0.25, 0.3) is 5.91 Å². The highest BCUT2D eigenvalue weighted by atomic mass is 16.2. The molecule has 1 aromatic heterocycles. The molecule has 1 saturated heterocycles. The first kappa shape index (κ1) is 18.3. The van der Waals surface area contributed by atoms with E-state index in [1.165, 1.54) is 5.56 Å². The molecule has 1 aliphatic rings. The number of nitrogens with one attached hydrogen (secondary N) is 1. The number of carbonyl (C=O) groups is 1. The van der Waals surface area contributed by atoms with Gasteiger partial charge < -0.3 is 10.2 Å². The van der Waals surface area contributed by atoms with Crippen LogP contribution in [0.3, 0.4) is 0 Å². The van der Waals surface area contributed by atoms with Crippen LogP contribution in [0.15, 0.2) is 42.7 Å². The van der Waals surface area contributed by atoms with Crippen LogP contribution in [0.25, 0.3) is 0 Å². The number of rotatable bonds is 4. The number of hydrogen-bond donors (Lipinski definition) is 1. The van der Waals surface area contributed by atoms with Crippen molar-refractivity contribution in [1.29, 1.82) is 0 Å². The molecule has 1 N–H and O–H groups in total. The molecule has 0 atom stereocenters. The molecule has 0 aliphatic carbocycles. The molecule has 1 aliphatic heterocycles. The van der Waals surface area contributed by atoms with Crippen molar-refractivity contribution >= 4 is 11.7 Å². The standard InChI is InChI=1S/C20H27N5O/c1-20(2,3)23-18-14-21-17(13-22-18)19(26)25-11-9-24(10-12-25)15-16-7-5-4-6-8-16/h4-8,13-14H,9-12,15H2,1-3H3,(H,22,23). The van der Waals surface area contributed by atoms with Crippen LogP contribution >= 0.6 is 0 Å². The first-order valence-corrected chi connectivity index (χ1v) is 9.06. The zero-order chi connectivity index (χ0) is 18.6. The average molecular weight is 353 g/mol. The van der Waals surface area contributed by atoms with Crippen molar-refractivity contribution in [3.63, 3.8) is 0 Å². The van der Waals surface area contributed by atoms with Gasteiger partial charge >= 0.3 is 0 Å². The summed E-state index contributed by atoms with van der Waals surface area (Å²) in [4.78, 5) is 25.5. The lowest BCUT2D eigenvalue weighted by Gasteiger charge is -2.34. The first-order valence-electron chi connectivity index (χ1n) is 9.06. The number of aromatic nitrogens is 2. The van der Waals surface area contributed by atoms with Crippen LogP contribution in [-0.2, 0) is 6.54 Å². The summed E-state index contributed by atoms with van der Waals surface area (Å²) in [5, 5.41) is 3.25. The summed E-state index contributed by atoms with van der Waals surface area (Å²) in [6.07, 6.45) is 3.19. The van der Waals surface area contributed by atoms with Gasteiger partial charge in [0.15, 0.2) is 0 Å². The predicted octanol–water partition coefficient (Wildman–Crippen LogP) is 2.65. The molecule has 0 radical (unpaired) electrons. The van der Waals surface area contributed by atoms with Gasteiger partial charge in [-0.25, -0.2) is 9.97 Å². The number of benzene rings is 1. The van der Waals surface area contributed by atoms with E-state index >= 15 is 0 Å². The minimum atomic E-state index is -0.0880. The topological polar surface area (TPSA) is 61.4 Å². The highest BCUT2D eigenvalue weighted by Gasteiger charge is 2.23. The van der Waals surface area contributed by atoms with Crippen molar-refractivity contribution in [3.05, 3.63) is 54.0 Å². The minimum absolute atomic E-state index is 0.0424. The molecular weight excluding hydrogens is 326 g/mol. The molecule has 2 aromatic rings. The Kier molecular flexibility index (Phi) is 5.52. The predicted molar refractivity (Wildman–Crippen MR) is 103 cm³/mol. The van der Waals surface area contributed by atoms with E-state index in [9.17, 15) is 4.79 Å². The van der Waals surface area contributed by atoms with Gasteiger partial charge in [-0.2, -0.15) is 0 Å². The van der Waals surface area contributed by atoms with Crippen LogP contribution in [0.5, 0.6) is 0 Å². The Balaban J connectivity index is 1.53. The summed E-state index contributed by atoms with van der Waals surface area (Å²) < 4.78 is 0. The third-order valence-corrected chi connectivity index (χ3v) is 4.28. The molecule has 0 spiro atoms. The van der Waals surface area contributed by atoms with Crippen molar-refractivity contribution < 1.29 is 4.79 Å². The normalized spacial score (nSPS) is 15.7. The second-order valence-electron chi connectivity index (χ2n) is 7.72. The van der Waals surface area contributed by atoms with Gasteiger partial charge in [0, 0.05) is 38.3 Å². The maximum atomic E-state index is 12.6. The summed E-state index contributed by atoms with van der Waals surface area (Å²) in [7, 11) is 0. The van der Waals surface area contributed by atoms with Gasteiger partial charge in [-0.1, -0.05) is 30.3 Å². The van der Waals surface area contributed by atoms with E-state index in [4.69, 9.17) is 0 Å². The molecule has 138 valence electrons. The van der Waals surface area contributed by atoms with E-state index in [1.54, 1.807) is 12.4 Å². The summed E-state index contributed by atoms with van der Waals surface area (Å²) in [5.74, 6) is 0.640. The molecule has 3 rings (SSSR count). The van der Waals surface area contributed by atoms with Gasteiger partial charge in [-0.05, 0) is 26.3 Å².